The third-order valence-corrected chi connectivity index (χ3v) is 5.62. The topological polar surface area (TPSA) is 107 Å². The van der Waals surface area contributed by atoms with Crippen LogP contribution in [-0.2, 0) is 14.8 Å². The summed E-state index contributed by atoms with van der Waals surface area (Å²) in [6.07, 6.45) is 1.56. The average Bonchev–Trinajstić information content (AvgIpc) is 2.77. The highest BCUT2D eigenvalue weighted by atomic mass is 32.2. The zero-order valence-corrected chi connectivity index (χ0v) is 19.7. The monoisotopic (exact) mass is 463 g/mol. The molecule has 0 aliphatic heterocycles. The third kappa shape index (κ3) is 6.36. The van der Waals surface area contributed by atoms with E-state index < -0.39 is 22.5 Å². The van der Waals surface area contributed by atoms with Crippen LogP contribution in [0.25, 0.3) is 0 Å². The number of sulfonamides is 1. The summed E-state index contributed by atoms with van der Waals surface area (Å²) in [4.78, 5) is 12.6. The SMILES string of the molecule is CCOc1ccccc1N(CC(=O)N/N=C(/CC)c1ccc(OC)c(OC)c1)S(C)(=O)=O. The van der Waals surface area contributed by atoms with E-state index in [1.165, 1.54) is 7.11 Å². The lowest BCUT2D eigenvalue weighted by atomic mass is 10.1. The lowest BCUT2D eigenvalue weighted by Gasteiger charge is -2.23. The number of rotatable bonds is 11. The number of amides is 1. The average molecular weight is 464 g/mol. The Morgan fingerprint density at radius 2 is 1.72 bits per heavy atom. The lowest BCUT2D eigenvalue weighted by molar-refractivity contribution is -0.119. The molecule has 2 rings (SSSR count). The van der Waals surface area contributed by atoms with E-state index in [9.17, 15) is 13.2 Å². The van der Waals surface area contributed by atoms with Gasteiger partial charge in [0.15, 0.2) is 11.5 Å². The fraction of sp³-hybridized carbons (Fsp3) is 0.364. The lowest BCUT2D eigenvalue weighted by Crippen LogP contribution is -2.39. The summed E-state index contributed by atoms with van der Waals surface area (Å²) in [6.45, 7) is 3.60. The summed E-state index contributed by atoms with van der Waals surface area (Å²) in [5.74, 6) is 0.894. The Morgan fingerprint density at radius 1 is 1.03 bits per heavy atom. The standard InChI is InChI=1S/C22H29N3O6S/c1-6-17(16-12-13-20(29-3)21(14-16)30-4)23-24-22(26)15-25(32(5,27)28)18-10-8-9-11-19(18)31-7-2/h8-14H,6-7,15H2,1-5H3,(H,24,26)/b23-17-. The Hall–Kier alpha value is -3.27. The summed E-state index contributed by atoms with van der Waals surface area (Å²) in [7, 11) is -0.674. The number of carbonyl (C=O) groups is 1. The molecule has 0 aromatic heterocycles. The van der Waals surface area contributed by atoms with Gasteiger partial charge in [-0.15, -0.1) is 0 Å². The van der Waals surface area contributed by atoms with E-state index in [4.69, 9.17) is 14.2 Å². The summed E-state index contributed by atoms with van der Waals surface area (Å²) in [5, 5.41) is 4.20. The molecule has 0 atom stereocenters. The molecule has 0 saturated heterocycles. The van der Waals surface area contributed by atoms with Crippen LogP contribution in [0.2, 0.25) is 0 Å². The second-order valence-electron chi connectivity index (χ2n) is 6.69. The normalized spacial score (nSPS) is 11.6. The molecule has 0 unspecified atom stereocenters. The molecule has 0 radical (unpaired) electrons. The Balaban J connectivity index is 2.25. The van der Waals surface area contributed by atoms with Gasteiger partial charge >= 0.3 is 0 Å². The van der Waals surface area contributed by atoms with Crippen molar-refractivity contribution in [1.29, 1.82) is 0 Å². The van der Waals surface area contributed by atoms with Crippen molar-refractivity contribution in [1.82, 2.24) is 5.43 Å². The Kier molecular flexibility index (Phi) is 8.89. The summed E-state index contributed by atoms with van der Waals surface area (Å²) >= 11 is 0. The van der Waals surface area contributed by atoms with Crippen LogP contribution < -0.4 is 23.9 Å². The fourth-order valence-corrected chi connectivity index (χ4v) is 3.84. The Bertz CT molecular complexity index is 1070. The van der Waals surface area contributed by atoms with Crippen molar-refractivity contribution in [3.63, 3.8) is 0 Å². The minimum absolute atomic E-state index is 0.284. The third-order valence-electron chi connectivity index (χ3n) is 4.49. The molecule has 174 valence electrons. The molecule has 1 N–H and O–H groups in total. The number of benzene rings is 2. The number of methoxy groups -OCH3 is 2. The van der Waals surface area contributed by atoms with Crippen LogP contribution in [0, 0.1) is 0 Å². The van der Waals surface area contributed by atoms with E-state index in [0.29, 0.717) is 36.0 Å². The molecule has 1 amide bonds. The smallest absolute Gasteiger partial charge is 0.260 e. The van der Waals surface area contributed by atoms with Crippen LogP contribution in [0.1, 0.15) is 25.8 Å². The molecular weight excluding hydrogens is 434 g/mol. The van der Waals surface area contributed by atoms with Gasteiger partial charge in [-0.25, -0.2) is 13.8 Å². The van der Waals surface area contributed by atoms with E-state index in [0.717, 1.165) is 16.1 Å². The molecule has 0 aliphatic rings. The van der Waals surface area contributed by atoms with Crippen LogP contribution in [0.15, 0.2) is 47.6 Å². The molecular formula is C22H29N3O6S. The van der Waals surface area contributed by atoms with Gasteiger partial charge in [0, 0.05) is 5.56 Å². The molecule has 0 fully saturated rings. The zero-order valence-electron chi connectivity index (χ0n) is 18.9. The molecule has 32 heavy (non-hydrogen) atoms. The number of nitrogens with one attached hydrogen (secondary N) is 1. The maximum absolute atomic E-state index is 12.6. The Labute approximate surface area is 189 Å². The molecule has 0 spiro atoms. The molecule has 2 aromatic carbocycles. The number of nitrogens with zero attached hydrogens (tertiary/aromatic N) is 2. The summed E-state index contributed by atoms with van der Waals surface area (Å²) < 4.78 is 41.9. The predicted octanol–water partition coefficient (Wildman–Crippen LogP) is 2.80. The minimum Gasteiger partial charge on any atom is -0.493 e. The van der Waals surface area contributed by atoms with Crippen LogP contribution in [-0.4, -0.2) is 53.7 Å². The fourth-order valence-electron chi connectivity index (χ4n) is 2.98. The van der Waals surface area contributed by atoms with E-state index in [-0.39, 0.29) is 5.69 Å². The predicted molar refractivity (Wildman–Crippen MR) is 124 cm³/mol. The van der Waals surface area contributed by atoms with Gasteiger partial charge in [-0.05, 0) is 43.7 Å². The van der Waals surface area contributed by atoms with Crippen LogP contribution in [0.3, 0.4) is 0 Å². The first-order valence-electron chi connectivity index (χ1n) is 10.0. The number of ether oxygens (including phenoxy) is 3. The molecule has 0 heterocycles. The number of anilines is 1. The molecule has 0 saturated carbocycles. The van der Waals surface area contributed by atoms with Crippen molar-refractivity contribution in [3.05, 3.63) is 48.0 Å². The first-order chi connectivity index (χ1) is 15.2. The number of carbonyl (C=O) groups excluding carboxylic acids is 1. The number of para-hydroxylation sites is 2. The Morgan fingerprint density at radius 3 is 2.31 bits per heavy atom. The summed E-state index contributed by atoms with van der Waals surface area (Å²) in [5.41, 5.74) is 4.08. The van der Waals surface area contributed by atoms with Gasteiger partial charge in [0.1, 0.15) is 12.3 Å². The molecule has 0 aliphatic carbocycles. The summed E-state index contributed by atoms with van der Waals surface area (Å²) in [6, 6.07) is 12.0. The van der Waals surface area contributed by atoms with Crippen molar-refractivity contribution in [2.75, 3.05) is 37.9 Å². The second-order valence-corrected chi connectivity index (χ2v) is 8.59. The van der Waals surface area contributed by atoms with Crippen molar-refractivity contribution in [2.24, 2.45) is 5.10 Å². The minimum atomic E-state index is -3.75. The van der Waals surface area contributed by atoms with Crippen LogP contribution >= 0.6 is 0 Å². The van der Waals surface area contributed by atoms with Crippen molar-refractivity contribution >= 4 is 27.3 Å². The van der Waals surface area contributed by atoms with Gasteiger partial charge in [-0.3, -0.25) is 9.10 Å². The maximum atomic E-state index is 12.6. The highest BCUT2D eigenvalue weighted by Gasteiger charge is 2.24. The van der Waals surface area contributed by atoms with Crippen molar-refractivity contribution in [2.45, 2.75) is 20.3 Å². The molecule has 10 heteroatoms. The van der Waals surface area contributed by atoms with E-state index in [1.807, 2.05) is 6.92 Å². The van der Waals surface area contributed by atoms with Gasteiger partial charge in [0.2, 0.25) is 10.0 Å². The first-order valence-corrected chi connectivity index (χ1v) is 11.9. The van der Waals surface area contributed by atoms with E-state index >= 15 is 0 Å². The molecule has 2 aromatic rings. The quantitative estimate of drug-likeness (QED) is 0.406. The van der Waals surface area contributed by atoms with Crippen molar-refractivity contribution in [3.8, 4) is 17.2 Å². The van der Waals surface area contributed by atoms with Crippen LogP contribution in [0.4, 0.5) is 5.69 Å². The van der Waals surface area contributed by atoms with Gasteiger partial charge in [-0.2, -0.15) is 5.10 Å². The van der Waals surface area contributed by atoms with Crippen molar-refractivity contribution < 1.29 is 27.4 Å². The van der Waals surface area contributed by atoms with Gasteiger partial charge < -0.3 is 14.2 Å². The highest BCUT2D eigenvalue weighted by Crippen LogP contribution is 2.30. The van der Waals surface area contributed by atoms with E-state index in [1.54, 1.807) is 56.5 Å². The zero-order chi connectivity index (χ0) is 23.7. The number of hydrazone groups is 1. The largest absolute Gasteiger partial charge is 0.493 e. The maximum Gasteiger partial charge on any atom is 0.260 e. The van der Waals surface area contributed by atoms with Gasteiger partial charge in [-0.1, -0.05) is 19.1 Å². The van der Waals surface area contributed by atoms with E-state index in [2.05, 4.69) is 10.5 Å². The number of hydrogen-bond donors (Lipinski definition) is 1. The van der Waals surface area contributed by atoms with Crippen LogP contribution in [0.5, 0.6) is 17.2 Å². The first kappa shape index (κ1) is 25.0. The molecule has 9 nitrogen and oxygen atoms in total. The highest BCUT2D eigenvalue weighted by molar-refractivity contribution is 7.92. The second kappa shape index (κ2) is 11.4. The van der Waals surface area contributed by atoms with Gasteiger partial charge in [0.05, 0.1) is 38.5 Å². The number of hydrogen-bond acceptors (Lipinski definition) is 7. The van der Waals surface area contributed by atoms with Gasteiger partial charge in [0.25, 0.3) is 5.91 Å². The molecule has 0 bridgehead atoms.